The zero-order valence-electron chi connectivity index (χ0n) is 11.3. The predicted molar refractivity (Wildman–Crippen MR) is 79.4 cm³/mol. The van der Waals surface area contributed by atoms with E-state index in [1.54, 1.807) is 0 Å². The molecule has 19 heavy (non-hydrogen) atoms. The van der Waals surface area contributed by atoms with Crippen LogP contribution in [0, 0.1) is 0 Å². The topological polar surface area (TPSA) is 43.8 Å². The van der Waals surface area contributed by atoms with Crippen molar-refractivity contribution in [3.8, 4) is 0 Å². The number of rotatable bonds is 2. The van der Waals surface area contributed by atoms with Crippen LogP contribution in [-0.2, 0) is 12.1 Å². The van der Waals surface area contributed by atoms with E-state index in [0.29, 0.717) is 0 Å². The fourth-order valence-electron chi connectivity index (χ4n) is 3.20. The first-order valence-electron chi connectivity index (χ1n) is 7.09. The van der Waals surface area contributed by atoms with Gasteiger partial charge in [0, 0.05) is 11.6 Å². The molecule has 0 amide bonds. The Morgan fingerprint density at radius 2 is 2.05 bits per heavy atom. The summed E-state index contributed by atoms with van der Waals surface area (Å²) in [6, 6.07) is 5.87. The number of imidazole rings is 1. The molecule has 1 aliphatic carbocycles. The first kappa shape index (κ1) is 12.9. The van der Waals surface area contributed by atoms with Crippen molar-refractivity contribution in [2.45, 2.75) is 51.1 Å². The van der Waals surface area contributed by atoms with Crippen LogP contribution < -0.4 is 5.73 Å². The van der Waals surface area contributed by atoms with Gasteiger partial charge in [-0.3, -0.25) is 0 Å². The summed E-state index contributed by atoms with van der Waals surface area (Å²) in [5.74, 6) is 1.03. The second kappa shape index (κ2) is 4.80. The molecule has 1 heterocycles. The molecule has 102 valence electrons. The molecular weight excluding hydrogens is 258 g/mol. The third kappa shape index (κ3) is 2.15. The van der Waals surface area contributed by atoms with Crippen molar-refractivity contribution in [2.24, 2.45) is 5.73 Å². The van der Waals surface area contributed by atoms with Gasteiger partial charge in [-0.1, -0.05) is 30.9 Å². The zero-order chi connectivity index (χ0) is 13.5. The number of nitrogens with two attached hydrogens (primary N) is 1. The van der Waals surface area contributed by atoms with Crippen LogP contribution in [0.15, 0.2) is 18.2 Å². The molecule has 1 saturated carbocycles. The molecular formula is C15H20ClN3. The molecule has 0 saturated heterocycles. The van der Waals surface area contributed by atoms with Crippen LogP contribution in [0.3, 0.4) is 0 Å². The van der Waals surface area contributed by atoms with Crippen molar-refractivity contribution >= 4 is 22.6 Å². The average Bonchev–Trinajstić information content (AvgIpc) is 2.78. The lowest BCUT2D eigenvalue weighted by Gasteiger charge is -2.33. The van der Waals surface area contributed by atoms with Gasteiger partial charge in [-0.25, -0.2) is 4.98 Å². The highest BCUT2D eigenvalue weighted by Gasteiger charge is 2.34. The third-order valence-electron chi connectivity index (χ3n) is 4.22. The van der Waals surface area contributed by atoms with Crippen molar-refractivity contribution in [3.63, 3.8) is 0 Å². The minimum absolute atomic E-state index is 0.264. The van der Waals surface area contributed by atoms with Gasteiger partial charge in [0.15, 0.2) is 0 Å². The van der Waals surface area contributed by atoms with Gasteiger partial charge in [0.1, 0.15) is 5.82 Å². The van der Waals surface area contributed by atoms with E-state index >= 15 is 0 Å². The van der Waals surface area contributed by atoms with Gasteiger partial charge in [-0.15, -0.1) is 0 Å². The maximum atomic E-state index is 6.64. The van der Waals surface area contributed by atoms with Gasteiger partial charge in [0.25, 0.3) is 0 Å². The summed E-state index contributed by atoms with van der Waals surface area (Å²) in [6.45, 7) is 3.02. The Hall–Kier alpha value is -1.06. The van der Waals surface area contributed by atoms with E-state index in [9.17, 15) is 0 Å². The molecule has 0 bridgehead atoms. The van der Waals surface area contributed by atoms with E-state index < -0.39 is 0 Å². The lowest BCUT2D eigenvalue weighted by molar-refractivity contribution is 0.279. The standard InChI is InChI=1S/C15H20ClN3/c1-2-19-13-10-11(16)6-7-12(13)18-14(19)15(17)8-4-3-5-9-15/h6-7,10H,2-5,8-9,17H2,1H3. The average molecular weight is 278 g/mol. The van der Waals surface area contributed by atoms with Gasteiger partial charge >= 0.3 is 0 Å². The van der Waals surface area contributed by atoms with Crippen LogP contribution in [0.2, 0.25) is 5.02 Å². The monoisotopic (exact) mass is 277 g/mol. The molecule has 4 heteroatoms. The molecule has 0 atom stereocenters. The minimum Gasteiger partial charge on any atom is -0.327 e. The molecule has 1 aromatic carbocycles. The number of fused-ring (bicyclic) bond motifs is 1. The Balaban J connectivity index is 2.17. The third-order valence-corrected chi connectivity index (χ3v) is 4.45. The Kier molecular flexibility index (Phi) is 3.27. The highest BCUT2D eigenvalue weighted by atomic mass is 35.5. The summed E-state index contributed by atoms with van der Waals surface area (Å²) in [5.41, 5.74) is 8.47. The van der Waals surface area contributed by atoms with Crippen molar-refractivity contribution in [1.82, 2.24) is 9.55 Å². The summed E-state index contributed by atoms with van der Waals surface area (Å²) in [7, 11) is 0. The highest BCUT2D eigenvalue weighted by molar-refractivity contribution is 6.31. The van der Waals surface area contributed by atoms with Crippen LogP contribution in [0.25, 0.3) is 11.0 Å². The first-order chi connectivity index (χ1) is 9.14. The summed E-state index contributed by atoms with van der Waals surface area (Å²) in [6.07, 6.45) is 5.75. The molecule has 3 nitrogen and oxygen atoms in total. The molecule has 2 N–H and O–H groups in total. The summed E-state index contributed by atoms with van der Waals surface area (Å²) in [4.78, 5) is 4.80. The first-order valence-corrected chi connectivity index (χ1v) is 7.47. The van der Waals surface area contributed by atoms with E-state index in [1.165, 1.54) is 19.3 Å². The maximum absolute atomic E-state index is 6.64. The molecule has 1 aromatic heterocycles. The SMILES string of the molecule is CCn1c(C2(N)CCCCC2)nc2ccc(Cl)cc21. The predicted octanol–water partition coefficient (Wildman–Crippen LogP) is 3.83. The number of hydrogen-bond donors (Lipinski definition) is 1. The smallest absolute Gasteiger partial charge is 0.130 e. The Bertz CT molecular complexity index is 597. The van der Waals surface area contributed by atoms with Crippen LogP contribution in [0.1, 0.15) is 44.9 Å². The van der Waals surface area contributed by atoms with Crippen molar-refractivity contribution < 1.29 is 0 Å². The van der Waals surface area contributed by atoms with Crippen LogP contribution in [0.5, 0.6) is 0 Å². The zero-order valence-corrected chi connectivity index (χ0v) is 12.1. The van der Waals surface area contributed by atoms with Gasteiger partial charge in [-0.05, 0) is 38.0 Å². The largest absolute Gasteiger partial charge is 0.327 e. The summed E-state index contributed by atoms with van der Waals surface area (Å²) in [5, 5.41) is 0.753. The van der Waals surface area contributed by atoms with Crippen LogP contribution in [-0.4, -0.2) is 9.55 Å². The molecule has 2 aromatic rings. The maximum Gasteiger partial charge on any atom is 0.130 e. The number of benzene rings is 1. The second-order valence-corrected chi connectivity index (χ2v) is 5.97. The summed E-state index contributed by atoms with van der Waals surface area (Å²) < 4.78 is 2.23. The molecule has 0 spiro atoms. The number of hydrogen-bond acceptors (Lipinski definition) is 2. The number of halogens is 1. The number of aromatic nitrogens is 2. The fraction of sp³-hybridized carbons (Fsp3) is 0.533. The normalized spacial score (nSPS) is 18.9. The van der Waals surface area contributed by atoms with E-state index in [1.807, 2.05) is 18.2 Å². The number of nitrogens with zero attached hydrogens (tertiary/aromatic N) is 2. The lowest BCUT2D eigenvalue weighted by Crippen LogP contribution is -2.41. The van der Waals surface area contributed by atoms with Gasteiger partial charge < -0.3 is 10.3 Å². The van der Waals surface area contributed by atoms with Gasteiger partial charge in [0.2, 0.25) is 0 Å². The summed E-state index contributed by atoms with van der Waals surface area (Å²) >= 11 is 6.10. The number of aryl methyl sites for hydroxylation is 1. The quantitative estimate of drug-likeness (QED) is 0.907. The van der Waals surface area contributed by atoms with Crippen molar-refractivity contribution in [2.75, 3.05) is 0 Å². The van der Waals surface area contributed by atoms with Gasteiger partial charge in [-0.2, -0.15) is 0 Å². The Morgan fingerprint density at radius 3 is 2.74 bits per heavy atom. The fourth-order valence-corrected chi connectivity index (χ4v) is 3.37. The molecule has 0 radical (unpaired) electrons. The van der Waals surface area contributed by atoms with Crippen LogP contribution >= 0.6 is 11.6 Å². The minimum atomic E-state index is -0.264. The molecule has 1 aliphatic rings. The van der Waals surface area contributed by atoms with Crippen LogP contribution in [0.4, 0.5) is 0 Å². The van der Waals surface area contributed by atoms with E-state index in [2.05, 4.69) is 11.5 Å². The Morgan fingerprint density at radius 1 is 1.32 bits per heavy atom. The van der Waals surface area contributed by atoms with Gasteiger partial charge in [0.05, 0.1) is 16.6 Å². The van der Waals surface area contributed by atoms with E-state index in [-0.39, 0.29) is 5.54 Å². The molecule has 1 fully saturated rings. The Labute approximate surface area is 118 Å². The molecule has 3 rings (SSSR count). The lowest BCUT2D eigenvalue weighted by atomic mass is 9.82. The molecule has 0 unspecified atom stereocenters. The van der Waals surface area contributed by atoms with Crippen molar-refractivity contribution in [1.29, 1.82) is 0 Å². The molecule has 0 aliphatic heterocycles. The van der Waals surface area contributed by atoms with Crippen molar-refractivity contribution in [3.05, 3.63) is 29.0 Å². The highest BCUT2D eigenvalue weighted by Crippen LogP contribution is 2.36. The second-order valence-electron chi connectivity index (χ2n) is 5.53. The van der Waals surface area contributed by atoms with E-state index in [0.717, 1.165) is 41.3 Å². The van der Waals surface area contributed by atoms with E-state index in [4.69, 9.17) is 22.3 Å².